The topological polar surface area (TPSA) is 95.9 Å². The molecule has 0 aromatic heterocycles. The Morgan fingerprint density at radius 1 is 0.369 bits per heavy atom. The Labute approximate surface area is 406 Å². The van der Waals surface area contributed by atoms with E-state index in [1.54, 1.807) is 0 Å². The van der Waals surface area contributed by atoms with Crippen LogP contribution >= 0.6 is 0 Å². The van der Waals surface area contributed by atoms with E-state index in [2.05, 4.69) is 19.2 Å². The predicted octanol–water partition coefficient (Wildman–Crippen LogP) is 18.3. The molecule has 0 saturated carbocycles. The highest BCUT2D eigenvalue weighted by molar-refractivity contribution is 5.76. The summed E-state index contributed by atoms with van der Waals surface area (Å²) in [7, 11) is 0. The molecule has 3 N–H and O–H groups in total. The number of aliphatic hydroxyl groups excluding tert-OH is 2. The summed E-state index contributed by atoms with van der Waals surface area (Å²) in [5, 5.41) is 23.2. The number of esters is 1. The highest BCUT2D eigenvalue weighted by atomic mass is 16.5. The van der Waals surface area contributed by atoms with Crippen molar-refractivity contribution in [1.82, 2.24) is 5.32 Å². The van der Waals surface area contributed by atoms with Gasteiger partial charge in [-0.3, -0.25) is 9.59 Å². The van der Waals surface area contributed by atoms with Gasteiger partial charge in [-0.15, -0.1) is 0 Å². The largest absolute Gasteiger partial charge is 0.466 e. The summed E-state index contributed by atoms with van der Waals surface area (Å²) in [5.74, 6) is -0.0162. The molecule has 0 spiro atoms. The number of amides is 1. The molecule has 2 atom stereocenters. The quantitative estimate of drug-likeness (QED) is 0.0417. The lowest BCUT2D eigenvalue weighted by atomic mass is 10.0. The maximum absolute atomic E-state index is 12.4. The van der Waals surface area contributed by atoms with Crippen LogP contribution in [0.3, 0.4) is 0 Å². The van der Waals surface area contributed by atoms with Crippen LogP contribution in [0.25, 0.3) is 0 Å². The van der Waals surface area contributed by atoms with E-state index in [0.29, 0.717) is 25.9 Å². The summed E-state index contributed by atoms with van der Waals surface area (Å²) >= 11 is 0. The third-order valence-corrected chi connectivity index (χ3v) is 14.2. The van der Waals surface area contributed by atoms with Gasteiger partial charge in [-0.25, -0.2) is 0 Å². The van der Waals surface area contributed by atoms with Crippen LogP contribution < -0.4 is 5.32 Å². The van der Waals surface area contributed by atoms with Gasteiger partial charge >= 0.3 is 5.97 Å². The van der Waals surface area contributed by atoms with Crippen LogP contribution in [-0.4, -0.2) is 47.4 Å². The number of ether oxygens (including phenoxy) is 1. The Bertz CT molecular complexity index is 928. The van der Waals surface area contributed by atoms with E-state index in [9.17, 15) is 19.8 Å². The van der Waals surface area contributed by atoms with Gasteiger partial charge in [0.25, 0.3) is 0 Å². The first kappa shape index (κ1) is 63.9. The van der Waals surface area contributed by atoms with Crippen LogP contribution in [0.1, 0.15) is 341 Å². The van der Waals surface area contributed by atoms with Gasteiger partial charge in [0.05, 0.1) is 25.4 Å². The van der Waals surface area contributed by atoms with Crippen LogP contribution in [0.4, 0.5) is 0 Å². The van der Waals surface area contributed by atoms with Crippen LogP contribution in [0.5, 0.6) is 0 Å². The van der Waals surface area contributed by atoms with Crippen molar-refractivity contribution in [2.45, 2.75) is 353 Å². The van der Waals surface area contributed by atoms with E-state index in [1.165, 1.54) is 270 Å². The molecule has 0 heterocycles. The number of unbranched alkanes of at least 4 members (excludes halogenated alkanes) is 45. The molecule has 6 heteroatoms. The summed E-state index contributed by atoms with van der Waals surface area (Å²) in [4.78, 5) is 24.5. The lowest BCUT2D eigenvalue weighted by Gasteiger charge is -2.22. The van der Waals surface area contributed by atoms with Crippen molar-refractivity contribution in [3.05, 3.63) is 0 Å². The van der Waals surface area contributed by atoms with E-state index in [1.807, 2.05) is 0 Å². The van der Waals surface area contributed by atoms with E-state index in [4.69, 9.17) is 4.74 Å². The predicted molar refractivity (Wildman–Crippen MR) is 283 cm³/mol. The number of aliphatic hydroxyl groups is 2. The third-order valence-electron chi connectivity index (χ3n) is 14.2. The van der Waals surface area contributed by atoms with Gasteiger partial charge < -0.3 is 20.3 Å². The van der Waals surface area contributed by atoms with Crippen molar-refractivity contribution in [1.29, 1.82) is 0 Å². The maximum atomic E-state index is 12.4. The second-order valence-electron chi connectivity index (χ2n) is 20.7. The molecule has 0 radical (unpaired) electrons. The summed E-state index contributed by atoms with van der Waals surface area (Å²) in [6.07, 6.45) is 63.9. The first-order chi connectivity index (χ1) is 32.0. The molecule has 0 aromatic carbocycles. The van der Waals surface area contributed by atoms with Crippen molar-refractivity contribution in [2.75, 3.05) is 13.2 Å². The average Bonchev–Trinajstić information content (AvgIpc) is 3.31. The Morgan fingerprint density at radius 3 is 0.938 bits per heavy atom. The fourth-order valence-corrected chi connectivity index (χ4v) is 9.58. The first-order valence-corrected chi connectivity index (χ1v) is 29.8. The minimum Gasteiger partial charge on any atom is -0.466 e. The summed E-state index contributed by atoms with van der Waals surface area (Å²) in [6, 6.07) is -0.538. The van der Waals surface area contributed by atoms with Crippen molar-refractivity contribution < 1.29 is 24.5 Å². The maximum Gasteiger partial charge on any atom is 0.305 e. The fourth-order valence-electron chi connectivity index (χ4n) is 9.58. The van der Waals surface area contributed by atoms with E-state index >= 15 is 0 Å². The SMILES string of the molecule is CCCCCCCCCCCCCCCCC(=O)OCCCCCCCCCCCCCCCCCCCCCCCCCC(=O)NC(CO)C(O)CCCCCCCCCCCCC. The molecule has 0 aliphatic heterocycles. The Hall–Kier alpha value is -1.14. The van der Waals surface area contributed by atoms with E-state index in [0.717, 1.165) is 38.5 Å². The van der Waals surface area contributed by atoms with Gasteiger partial charge in [-0.1, -0.05) is 303 Å². The van der Waals surface area contributed by atoms with Gasteiger partial charge in [0, 0.05) is 12.8 Å². The van der Waals surface area contributed by atoms with Gasteiger partial charge in [0.2, 0.25) is 5.91 Å². The van der Waals surface area contributed by atoms with Crippen molar-refractivity contribution in [3.63, 3.8) is 0 Å². The highest BCUT2D eigenvalue weighted by Gasteiger charge is 2.20. The van der Waals surface area contributed by atoms with Crippen molar-refractivity contribution >= 4 is 11.9 Å². The number of carbonyl (C=O) groups excluding carboxylic acids is 2. The van der Waals surface area contributed by atoms with Gasteiger partial charge in [0.15, 0.2) is 0 Å². The molecule has 0 aliphatic carbocycles. The van der Waals surface area contributed by atoms with Crippen LogP contribution in [0, 0.1) is 0 Å². The molecule has 0 fully saturated rings. The normalized spacial score (nSPS) is 12.5. The summed E-state index contributed by atoms with van der Waals surface area (Å²) < 4.78 is 5.48. The number of carbonyl (C=O) groups is 2. The molecule has 388 valence electrons. The lowest BCUT2D eigenvalue weighted by Crippen LogP contribution is -2.45. The standard InChI is InChI=1S/C59H117NO5/c1-3-5-7-9-11-13-15-16-29-33-37-41-45-49-53-59(64)65-54-50-46-42-38-34-30-27-25-23-21-19-17-18-20-22-24-26-28-32-36-40-44-48-52-58(63)60-56(55-61)57(62)51-47-43-39-35-31-14-12-10-8-6-4-2/h56-57,61-62H,3-55H2,1-2H3,(H,60,63). The number of rotatable bonds is 56. The molecule has 0 saturated heterocycles. The molecule has 65 heavy (non-hydrogen) atoms. The van der Waals surface area contributed by atoms with E-state index < -0.39 is 12.1 Å². The smallest absolute Gasteiger partial charge is 0.305 e. The van der Waals surface area contributed by atoms with Gasteiger partial charge in [0.1, 0.15) is 0 Å². The summed E-state index contributed by atoms with van der Waals surface area (Å²) in [5.41, 5.74) is 0. The first-order valence-electron chi connectivity index (χ1n) is 29.8. The third kappa shape index (κ3) is 52.1. The van der Waals surface area contributed by atoms with Crippen molar-refractivity contribution in [2.24, 2.45) is 0 Å². The molecule has 1 amide bonds. The lowest BCUT2D eigenvalue weighted by molar-refractivity contribution is -0.143. The average molecular weight is 921 g/mol. The molecular formula is C59H117NO5. The van der Waals surface area contributed by atoms with Crippen LogP contribution in [-0.2, 0) is 14.3 Å². The second kappa shape index (κ2) is 55.5. The zero-order valence-corrected chi connectivity index (χ0v) is 44.3. The van der Waals surface area contributed by atoms with E-state index in [-0.39, 0.29) is 18.5 Å². The molecule has 0 rings (SSSR count). The molecule has 0 bridgehead atoms. The molecular weight excluding hydrogens is 803 g/mol. The minimum atomic E-state index is -0.661. The number of hydrogen-bond acceptors (Lipinski definition) is 5. The molecule has 0 aliphatic rings. The Morgan fingerprint density at radius 2 is 0.631 bits per heavy atom. The molecule has 2 unspecified atom stereocenters. The highest BCUT2D eigenvalue weighted by Crippen LogP contribution is 2.18. The van der Waals surface area contributed by atoms with Crippen LogP contribution in [0.15, 0.2) is 0 Å². The second-order valence-corrected chi connectivity index (χ2v) is 20.7. The molecule has 0 aromatic rings. The Balaban J connectivity index is 3.33. The zero-order valence-electron chi connectivity index (χ0n) is 44.3. The van der Waals surface area contributed by atoms with Crippen molar-refractivity contribution in [3.8, 4) is 0 Å². The number of hydrogen-bond donors (Lipinski definition) is 3. The minimum absolute atomic E-state index is 0.0174. The number of nitrogens with one attached hydrogen (secondary N) is 1. The zero-order chi connectivity index (χ0) is 47.2. The van der Waals surface area contributed by atoms with Crippen LogP contribution in [0.2, 0.25) is 0 Å². The van der Waals surface area contributed by atoms with Gasteiger partial charge in [-0.2, -0.15) is 0 Å². The monoisotopic (exact) mass is 920 g/mol. The van der Waals surface area contributed by atoms with Gasteiger partial charge in [-0.05, 0) is 25.7 Å². The molecule has 6 nitrogen and oxygen atoms in total. The summed E-state index contributed by atoms with van der Waals surface area (Å²) in [6.45, 7) is 4.97. The Kier molecular flexibility index (Phi) is 54.5. The fraction of sp³-hybridized carbons (Fsp3) is 0.966.